The highest BCUT2D eigenvalue weighted by molar-refractivity contribution is 5.14. The summed E-state index contributed by atoms with van der Waals surface area (Å²) in [5, 5.41) is 8.65. The first kappa shape index (κ1) is 13.2. The molecular formula is C13H21NO2. The summed E-state index contributed by atoms with van der Waals surface area (Å²) in [5.74, 6) is 0. The van der Waals surface area contributed by atoms with Gasteiger partial charge in [0.15, 0.2) is 0 Å². The van der Waals surface area contributed by atoms with Gasteiger partial charge in [0.25, 0.3) is 0 Å². The van der Waals surface area contributed by atoms with Gasteiger partial charge >= 0.3 is 0 Å². The third-order valence-corrected chi connectivity index (χ3v) is 2.52. The van der Waals surface area contributed by atoms with Crippen molar-refractivity contribution in [2.75, 3.05) is 19.8 Å². The molecule has 0 aliphatic carbocycles. The van der Waals surface area contributed by atoms with E-state index < -0.39 is 0 Å². The molecule has 0 heterocycles. The molecular weight excluding hydrogens is 202 g/mol. The summed E-state index contributed by atoms with van der Waals surface area (Å²) in [4.78, 5) is 0. The second-order valence-corrected chi connectivity index (χ2v) is 3.83. The molecule has 3 N–H and O–H groups in total. The van der Waals surface area contributed by atoms with E-state index in [2.05, 4.69) is 12.1 Å². The predicted molar refractivity (Wildman–Crippen MR) is 65.3 cm³/mol. The SMILES string of the molecule is NCC(CCc1ccccc1)OCCCO. The van der Waals surface area contributed by atoms with Gasteiger partial charge in [0.1, 0.15) is 0 Å². The Labute approximate surface area is 97.2 Å². The molecule has 1 atom stereocenters. The lowest BCUT2D eigenvalue weighted by molar-refractivity contribution is 0.0445. The van der Waals surface area contributed by atoms with Crippen LogP contribution in [0, 0.1) is 0 Å². The number of aliphatic hydroxyl groups excluding tert-OH is 1. The van der Waals surface area contributed by atoms with Crippen molar-refractivity contribution in [3.05, 3.63) is 35.9 Å². The van der Waals surface area contributed by atoms with Crippen molar-refractivity contribution in [2.45, 2.75) is 25.4 Å². The molecule has 3 nitrogen and oxygen atoms in total. The average Bonchev–Trinajstić information content (AvgIpc) is 2.35. The lowest BCUT2D eigenvalue weighted by atomic mass is 10.1. The Bertz CT molecular complexity index is 264. The van der Waals surface area contributed by atoms with Gasteiger partial charge in [-0.05, 0) is 24.8 Å². The second kappa shape index (κ2) is 8.28. The van der Waals surface area contributed by atoms with Crippen LogP contribution in [0.25, 0.3) is 0 Å². The van der Waals surface area contributed by atoms with Crippen molar-refractivity contribution in [2.24, 2.45) is 5.73 Å². The van der Waals surface area contributed by atoms with Gasteiger partial charge in [0.2, 0.25) is 0 Å². The van der Waals surface area contributed by atoms with E-state index >= 15 is 0 Å². The Morgan fingerprint density at radius 2 is 2.00 bits per heavy atom. The van der Waals surface area contributed by atoms with Crippen molar-refractivity contribution in [1.29, 1.82) is 0 Å². The third kappa shape index (κ3) is 5.26. The minimum Gasteiger partial charge on any atom is -0.396 e. The Kier molecular flexibility index (Phi) is 6.81. The molecule has 0 spiro atoms. The van der Waals surface area contributed by atoms with Gasteiger partial charge in [0.05, 0.1) is 6.10 Å². The minimum absolute atomic E-state index is 0.103. The number of ether oxygens (including phenoxy) is 1. The Morgan fingerprint density at radius 3 is 2.62 bits per heavy atom. The van der Waals surface area contributed by atoms with Gasteiger partial charge in [-0.3, -0.25) is 0 Å². The van der Waals surface area contributed by atoms with E-state index in [0.717, 1.165) is 12.8 Å². The summed E-state index contributed by atoms with van der Waals surface area (Å²) < 4.78 is 5.57. The van der Waals surface area contributed by atoms with Gasteiger partial charge in [0, 0.05) is 19.8 Å². The smallest absolute Gasteiger partial charge is 0.0700 e. The van der Waals surface area contributed by atoms with Crippen molar-refractivity contribution in [1.82, 2.24) is 0 Å². The number of rotatable bonds is 8. The van der Waals surface area contributed by atoms with E-state index in [1.165, 1.54) is 5.56 Å². The molecule has 1 rings (SSSR count). The van der Waals surface area contributed by atoms with E-state index in [4.69, 9.17) is 15.6 Å². The highest BCUT2D eigenvalue weighted by atomic mass is 16.5. The fourth-order valence-electron chi connectivity index (χ4n) is 1.56. The summed E-state index contributed by atoms with van der Waals surface area (Å²) in [7, 11) is 0. The van der Waals surface area contributed by atoms with Gasteiger partial charge in [-0.25, -0.2) is 0 Å². The zero-order chi connectivity index (χ0) is 11.6. The molecule has 1 aromatic carbocycles. The highest BCUT2D eigenvalue weighted by Gasteiger charge is 2.06. The standard InChI is InChI=1S/C13H21NO2/c14-11-13(16-10-4-9-15)8-7-12-5-2-1-3-6-12/h1-3,5-6,13,15H,4,7-11,14H2. The number of benzene rings is 1. The Hall–Kier alpha value is -0.900. The van der Waals surface area contributed by atoms with Gasteiger partial charge in [-0.2, -0.15) is 0 Å². The molecule has 0 bridgehead atoms. The monoisotopic (exact) mass is 223 g/mol. The molecule has 0 saturated heterocycles. The molecule has 1 aromatic rings. The minimum atomic E-state index is 0.103. The second-order valence-electron chi connectivity index (χ2n) is 3.83. The highest BCUT2D eigenvalue weighted by Crippen LogP contribution is 2.07. The zero-order valence-corrected chi connectivity index (χ0v) is 9.64. The third-order valence-electron chi connectivity index (χ3n) is 2.52. The molecule has 3 heteroatoms. The molecule has 0 amide bonds. The molecule has 0 aromatic heterocycles. The lowest BCUT2D eigenvalue weighted by Crippen LogP contribution is -2.25. The number of hydrogen-bond donors (Lipinski definition) is 2. The molecule has 0 radical (unpaired) electrons. The fraction of sp³-hybridized carbons (Fsp3) is 0.538. The normalized spacial score (nSPS) is 12.6. The maximum atomic E-state index is 8.65. The van der Waals surface area contributed by atoms with Gasteiger partial charge in [-0.1, -0.05) is 30.3 Å². The average molecular weight is 223 g/mol. The summed E-state index contributed by atoms with van der Waals surface area (Å²) in [6.07, 6.45) is 2.71. The van der Waals surface area contributed by atoms with Crippen LogP contribution >= 0.6 is 0 Å². The van der Waals surface area contributed by atoms with Crippen molar-refractivity contribution in [3.8, 4) is 0 Å². The van der Waals surface area contributed by atoms with Crippen LogP contribution < -0.4 is 5.73 Å². The zero-order valence-electron chi connectivity index (χ0n) is 9.64. The summed E-state index contributed by atoms with van der Waals surface area (Å²) in [6.45, 7) is 1.31. The van der Waals surface area contributed by atoms with E-state index in [1.807, 2.05) is 18.2 Å². The Balaban J connectivity index is 2.23. The molecule has 90 valence electrons. The van der Waals surface area contributed by atoms with Crippen LogP contribution in [0.5, 0.6) is 0 Å². The number of aliphatic hydroxyl groups is 1. The van der Waals surface area contributed by atoms with E-state index in [9.17, 15) is 0 Å². The van der Waals surface area contributed by atoms with Crippen LogP contribution in [0.1, 0.15) is 18.4 Å². The van der Waals surface area contributed by atoms with Crippen molar-refractivity contribution < 1.29 is 9.84 Å². The van der Waals surface area contributed by atoms with Crippen molar-refractivity contribution in [3.63, 3.8) is 0 Å². The van der Waals surface area contributed by atoms with Crippen LogP contribution in [0.4, 0.5) is 0 Å². The van der Waals surface area contributed by atoms with Crippen LogP contribution in [0.15, 0.2) is 30.3 Å². The lowest BCUT2D eigenvalue weighted by Gasteiger charge is -2.15. The molecule has 0 aliphatic rings. The van der Waals surface area contributed by atoms with Crippen LogP contribution in [-0.2, 0) is 11.2 Å². The molecule has 0 fully saturated rings. The van der Waals surface area contributed by atoms with Crippen LogP contribution in [-0.4, -0.2) is 31.0 Å². The maximum Gasteiger partial charge on any atom is 0.0700 e. The quantitative estimate of drug-likeness (QED) is 0.654. The van der Waals surface area contributed by atoms with Crippen LogP contribution in [0.3, 0.4) is 0 Å². The molecule has 0 aliphatic heterocycles. The summed E-state index contributed by atoms with van der Waals surface area (Å²) in [5.41, 5.74) is 6.94. The largest absolute Gasteiger partial charge is 0.396 e. The first-order valence-electron chi connectivity index (χ1n) is 5.83. The van der Waals surface area contributed by atoms with E-state index in [-0.39, 0.29) is 12.7 Å². The van der Waals surface area contributed by atoms with Gasteiger partial charge < -0.3 is 15.6 Å². The van der Waals surface area contributed by atoms with E-state index in [1.54, 1.807) is 0 Å². The number of nitrogens with two attached hydrogens (primary N) is 1. The number of aryl methyl sites for hydroxylation is 1. The topological polar surface area (TPSA) is 55.5 Å². The number of hydrogen-bond acceptors (Lipinski definition) is 3. The maximum absolute atomic E-state index is 8.65. The summed E-state index contributed by atoms with van der Waals surface area (Å²) in [6, 6.07) is 10.3. The van der Waals surface area contributed by atoms with E-state index in [0.29, 0.717) is 19.6 Å². The molecule has 1 unspecified atom stereocenters. The summed E-state index contributed by atoms with van der Waals surface area (Å²) >= 11 is 0. The van der Waals surface area contributed by atoms with Gasteiger partial charge in [-0.15, -0.1) is 0 Å². The Morgan fingerprint density at radius 1 is 1.25 bits per heavy atom. The predicted octanol–water partition coefficient (Wildman–Crippen LogP) is 1.35. The first-order chi connectivity index (χ1) is 7.86. The van der Waals surface area contributed by atoms with Crippen molar-refractivity contribution >= 4 is 0 Å². The molecule has 0 saturated carbocycles. The van der Waals surface area contributed by atoms with Crippen LogP contribution in [0.2, 0.25) is 0 Å². The fourth-order valence-corrected chi connectivity index (χ4v) is 1.56. The first-order valence-corrected chi connectivity index (χ1v) is 5.83. The molecule has 16 heavy (non-hydrogen) atoms.